The fraction of sp³-hybridized carbons (Fsp3) is 0. The van der Waals surface area contributed by atoms with Gasteiger partial charge in [0.2, 0.25) is 0 Å². The van der Waals surface area contributed by atoms with E-state index in [-0.39, 0.29) is 0 Å². The maximum Gasteiger partial charge on any atom is 0.0547 e. The summed E-state index contributed by atoms with van der Waals surface area (Å²) in [5.41, 5.74) is 14.1. The average Bonchev–Trinajstić information content (AvgIpc) is 3.83. The van der Waals surface area contributed by atoms with Gasteiger partial charge in [-0.15, -0.1) is 11.3 Å². The van der Waals surface area contributed by atoms with Crippen molar-refractivity contribution in [1.29, 1.82) is 0 Å². The number of rotatable bonds is 7. The second-order valence-electron chi connectivity index (χ2n) is 14.5. The van der Waals surface area contributed by atoms with Crippen LogP contribution in [0, 0.1) is 0 Å². The molecule has 11 rings (SSSR count). The number of benzene rings is 9. The Morgan fingerprint density at radius 1 is 0.333 bits per heavy atom. The van der Waals surface area contributed by atoms with Crippen molar-refractivity contribution in [1.82, 2.24) is 4.57 Å². The van der Waals surface area contributed by atoms with Crippen LogP contribution in [0.2, 0.25) is 0 Å². The van der Waals surface area contributed by atoms with Crippen molar-refractivity contribution in [2.75, 3.05) is 4.90 Å². The van der Waals surface area contributed by atoms with E-state index in [9.17, 15) is 0 Å². The molecule has 0 bridgehead atoms. The molecule has 2 aromatic heterocycles. The zero-order valence-corrected chi connectivity index (χ0v) is 31.9. The minimum atomic E-state index is 1.10. The van der Waals surface area contributed by atoms with E-state index in [2.05, 4.69) is 228 Å². The summed E-state index contributed by atoms with van der Waals surface area (Å²) in [5, 5.41) is 5.11. The highest BCUT2D eigenvalue weighted by molar-refractivity contribution is 7.25. The van der Waals surface area contributed by atoms with Crippen LogP contribution in [-0.2, 0) is 0 Å². The van der Waals surface area contributed by atoms with Gasteiger partial charge in [0.05, 0.1) is 11.0 Å². The maximum absolute atomic E-state index is 2.42. The lowest BCUT2D eigenvalue weighted by molar-refractivity contribution is 1.18. The predicted octanol–water partition coefficient (Wildman–Crippen LogP) is 15.6. The van der Waals surface area contributed by atoms with Crippen LogP contribution in [0.4, 0.5) is 17.1 Å². The largest absolute Gasteiger partial charge is 0.310 e. The van der Waals surface area contributed by atoms with E-state index in [1.165, 1.54) is 69.8 Å². The van der Waals surface area contributed by atoms with Gasteiger partial charge >= 0.3 is 0 Å². The SMILES string of the molecule is c1ccc(-c2cccc(N(c3cccc(-c4ccc5c6c(-c7ccccc7)cccc6n(-c6ccccc6)c5c4)c3)c3ccc4c(c3)sc3ccccc34)c2)cc1. The number of thiophene rings is 1. The molecule has 9 aromatic carbocycles. The monoisotopic (exact) mass is 744 g/mol. The molecule has 0 saturated heterocycles. The Balaban J connectivity index is 1.09. The Bertz CT molecular complexity index is 3230. The Labute approximate surface area is 335 Å². The number of aromatic nitrogens is 1. The van der Waals surface area contributed by atoms with Crippen molar-refractivity contribution in [2.24, 2.45) is 0 Å². The summed E-state index contributed by atoms with van der Waals surface area (Å²) in [5.74, 6) is 0. The van der Waals surface area contributed by atoms with Gasteiger partial charge in [0.1, 0.15) is 0 Å². The van der Waals surface area contributed by atoms with Crippen molar-refractivity contribution in [3.63, 3.8) is 0 Å². The van der Waals surface area contributed by atoms with Gasteiger partial charge in [-0.05, 0) is 100 Å². The van der Waals surface area contributed by atoms with Gasteiger partial charge in [0, 0.05) is 53.7 Å². The number of anilines is 3. The summed E-state index contributed by atoms with van der Waals surface area (Å²) < 4.78 is 5.01. The molecule has 0 fully saturated rings. The summed E-state index contributed by atoms with van der Waals surface area (Å²) in [7, 11) is 0. The van der Waals surface area contributed by atoms with Crippen molar-refractivity contribution in [3.05, 3.63) is 218 Å². The highest BCUT2D eigenvalue weighted by Crippen LogP contribution is 2.44. The van der Waals surface area contributed by atoms with Crippen LogP contribution in [0.1, 0.15) is 0 Å². The third kappa shape index (κ3) is 5.80. The molecule has 11 aromatic rings. The summed E-state index contributed by atoms with van der Waals surface area (Å²) >= 11 is 1.86. The second kappa shape index (κ2) is 13.8. The Hall–Kier alpha value is -7.20. The van der Waals surface area contributed by atoms with Crippen LogP contribution >= 0.6 is 11.3 Å². The fourth-order valence-corrected chi connectivity index (χ4v) is 9.68. The molecular weight excluding hydrogens is 709 g/mol. The molecule has 0 N–H and O–H groups in total. The van der Waals surface area contributed by atoms with E-state index < -0.39 is 0 Å². The highest BCUT2D eigenvalue weighted by Gasteiger charge is 2.19. The van der Waals surface area contributed by atoms with Crippen LogP contribution in [-0.4, -0.2) is 4.57 Å². The molecule has 57 heavy (non-hydrogen) atoms. The molecule has 0 radical (unpaired) electrons. The molecule has 0 atom stereocenters. The van der Waals surface area contributed by atoms with Crippen molar-refractivity contribution < 1.29 is 0 Å². The zero-order valence-electron chi connectivity index (χ0n) is 31.1. The minimum absolute atomic E-state index is 1.10. The van der Waals surface area contributed by atoms with Gasteiger partial charge < -0.3 is 9.47 Å². The normalized spacial score (nSPS) is 11.5. The quantitative estimate of drug-likeness (QED) is 0.158. The first-order valence-corrected chi connectivity index (χ1v) is 20.2. The van der Waals surface area contributed by atoms with Gasteiger partial charge in [-0.2, -0.15) is 0 Å². The van der Waals surface area contributed by atoms with Crippen LogP contribution < -0.4 is 4.90 Å². The molecule has 3 heteroatoms. The number of hydrogen-bond acceptors (Lipinski definition) is 2. The molecule has 0 aliphatic rings. The highest BCUT2D eigenvalue weighted by atomic mass is 32.1. The Morgan fingerprint density at radius 3 is 1.65 bits per heavy atom. The molecular formula is C54H36N2S. The fourth-order valence-electron chi connectivity index (χ4n) is 8.54. The van der Waals surface area contributed by atoms with Gasteiger partial charge in [-0.3, -0.25) is 0 Å². The first kappa shape index (κ1) is 33.2. The van der Waals surface area contributed by atoms with Gasteiger partial charge in [0.15, 0.2) is 0 Å². The Kier molecular flexibility index (Phi) is 8.04. The molecule has 0 unspecified atom stereocenters. The van der Waals surface area contributed by atoms with Crippen molar-refractivity contribution in [2.45, 2.75) is 0 Å². The second-order valence-corrected chi connectivity index (χ2v) is 15.6. The summed E-state index contributed by atoms with van der Waals surface area (Å²) in [4.78, 5) is 2.41. The van der Waals surface area contributed by atoms with Crippen molar-refractivity contribution in [3.8, 4) is 39.1 Å². The molecule has 268 valence electrons. The first-order valence-electron chi connectivity index (χ1n) is 19.4. The van der Waals surface area contributed by atoms with E-state index in [4.69, 9.17) is 0 Å². The number of hydrogen-bond donors (Lipinski definition) is 0. The lowest BCUT2D eigenvalue weighted by Crippen LogP contribution is -2.10. The predicted molar refractivity (Wildman–Crippen MR) is 245 cm³/mol. The smallest absolute Gasteiger partial charge is 0.0547 e. The summed E-state index contributed by atoms with van der Waals surface area (Å²) in [6.07, 6.45) is 0. The van der Waals surface area contributed by atoms with Gasteiger partial charge in [-0.1, -0.05) is 152 Å². The van der Waals surface area contributed by atoms with Gasteiger partial charge in [-0.25, -0.2) is 0 Å². The molecule has 2 nitrogen and oxygen atoms in total. The lowest BCUT2D eigenvalue weighted by Gasteiger charge is -2.26. The molecule has 0 amide bonds. The third-order valence-electron chi connectivity index (χ3n) is 11.2. The molecule has 0 aliphatic heterocycles. The van der Waals surface area contributed by atoms with Crippen LogP contribution in [0.25, 0.3) is 81.0 Å². The number of fused-ring (bicyclic) bond motifs is 6. The van der Waals surface area contributed by atoms with E-state index in [0.717, 1.165) is 28.3 Å². The van der Waals surface area contributed by atoms with E-state index in [1.807, 2.05) is 11.3 Å². The lowest BCUT2D eigenvalue weighted by atomic mass is 9.98. The van der Waals surface area contributed by atoms with E-state index >= 15 is 0 Å². The first-order chi connectivity index (χ1) is 28.3. The molecule has 2 heterocycles. The topological polar surface area (TPSA) is 8.17 Å². The Morgan fingerprint density at radius 2 is 0.895 bits per heavy atom. The molecule has 0 spiro atoms. The molecule has 0 saturated carbocycles. The van der Waals surface area contributed by atoms with Crippen LogP contribution in [0.3, 0.4) is 0 Å². The van der Waals surface area contributed by atoms with Crippen LogP contribution in [0.5, 0.6) is 0 Å². The summed E-state index contributed by atoms with van der Waals surface area (Å²) in [6.45, 7) is 0. The third-order valence-corrected chi connectivity index (χ3v) is 12.3. The zero-order chi connectivity index (χ0) is 37.7. The standard InChI is InChI=1S/C54H36N2S/c1-4-15-37(16-5-1)39-19-12-23-43(33-39)55(45-30-32-48-47-25-10-11-28-52(47)57-53(48)36-45)44-24-13-20-40(34-44)41-29-31-49-51(35-41)56(42-21-8-3-9-22-42)50-27-14-26-46(54(49)50)38-17-6-2-7-18-38/h1-36H. The van der Waals surface area contributed by atoms with Gasteiger partial charge in [0.25, 0.3) is 0 Å². The van der Waals surface area contributed by atoms with Crippen molar-refractivity contribution >= 4 is 70.4 Å². The minimum Gasteiger partial charge on any atom is -0.310 e. The van der Waals surface area contributed by atoms with E-state index in [1.54, 1.807) is 0 Å². The van der Waals surface area contributed by atoms with Crippen LogP contribution in [0.15, 0.2) is 218 Å². The maximum atomic E-state index is 2.42. The van der Waals surface area contributed by atoms with E-state index in [0.29, 0.717) is 0 Å². The average molecular weight is 745 g/mol. The number of para-hydroxylation sites is 1. The summed E-state index contributed by atoms with van der Waals surface area (Å²) in [6, 6.07) is 79.4. The number of nitrogens with zero attached hydrogens (tertiary/aromatic N) is 2. The molecule has 0 aliphatic carbocycles.